The maximum absolute atomic E-state index is 2.16. The highest BCUT2D eigenvalue weighted by Crippen LogP contribution is 2.18. The third-order valence-corrected chi connectivity index (χ3v) is 3.10. The molecule has 0 atom stereocenters. The molecule has 136 valence electrons. The molecular weight excluding hydrogens is 300 g/mol. The first-order chi connectivity index (χ1) is 11.8. The van der Waals surface area contributed by atoms with E-state index in [4.69, 9.17) is 0 Å². The molecule has 0 unspecified atom stereocenters. The molecule has 3 rings (SSSR count). The van der Waals surface area contributed by atoms with Crippen molar-refractivity contribution in [2.45, 2.75) is 49.0 Å². The first-order valence-corrected chi connectivity index (χ1v) is 8.89. The Morgan fingerprint density at radius 1 is 0.400 bits per heavy atom. The molecule has 0 saturated heterocycles. The van der Waals surface area contributed by atoms with Crippen molar-refractivity contribution >= 4 is 0 Å². The Labute approximate surface area is 156 Å². The lowest BCUT2D eigenvalue weighted by molar-refractivity contribution is 1.47. The fourth-order valence-corrected chi connectivity index (χ4v) is 1.91. The Balaban J connectivity index is 0. The highest BCUT2D eigenvalue weighted by Gasteiger charge is 1.93. The van der Waals surface area contributed by atoms with E-state index in [2.05, 4.69) is 74.5 Å². The van der Waals surface area contributed by atoms with Gasteiger partial charge in [-0.3, -0.25) is 0 Å². The zero-order chi connectivity index (χ0) is 18.2. The van der Waals surface area contributed by atoms with E-state index in [9.17, 15) is 0 Å². The molecule has 0 saturated carbocycles. The summed E-state index contributed by atoms with van der Waals surface area (Å²) in [6.07, 6.45) is 0. The van der Waals surface area contributed by atoms with Crippen molar-refractivity contribution in [1.82, 2.24) is 0 Å². The van der Waals surface area contributed by atoms with Crippen molar-refractivity contribution < 1.29 is 0 Å². The molecule has 25 heavy (non-hydrogen) atoms. The van der Waals surface area contributed by atoms with Crippen LogP contribution >= 0.6 is 0 Å². The predicted octanol–water partition coefficient (Wildman–Crippen LogP) is 8.35. The molecule has 0 amide bonds. The second-order valence-electron chi connectivity index (χ2n) is 4.89. The summed E-state index contributed by atoms with van der Waals surface area (Å²) in [6.45, 7) is 12.2. The Morgan fingerprint density at radius 2 is 0.720 bits per heavy atom. The van der Waals surface area contributed by atoms with Gasteiger partial charge >= 0.3 is 0 Å². The minimum atomic E-state index is 0. The number of hydrogen-bond acceptors (Lipinski definition) is 0. The van der Waals surface area contributed by atoms with Crippen LogP contribution in [-0.4, -0.2) is 0 Å². The summed E-state index contributed by atoms with van der Waals surface area (Å²) >= 11 is 0. The quantitative estimate of drug-likeness (QED) is 0.419. The number of aryl methyl sites for hydroxylation is 2. The third-order valence-electron chi connectivity index (χ3n) is 3.10. The van der Waals surface area contributed by atoms with Crippen molar-refractivity contribution in [3.63, 3.8) is 0 Å². The maximum Gasteiger partial charge on any atom is -0.0184 e. The second kappa shape index (κ2) is 16.5. The molecular formula is C25H36. The van der Waals surface area contributed by atoms with Gasteiger partial charge in [0.2, 0.25) is 0 Å². The molecule has 0 radical (unpaired) electrons. The van der Waals surface area contributed by atoms with Crippen molar-refractivity contribution in [2.24, 2.45) is 0 Å². The molecule has 0 aliphatic heterocycles. The van der Waals surface area contributed by atoms with Gasteiger partial charge in [0.25, 0.3) is 0 Å². The van der Waals surface area contributed by atoms with E-state index in [0.717, 1.165) is 0 Å². The summed E-state index contributed by atoms with van der Waals surface area (Å²) in [6, 6.07) is 29.3. The average Bonchev–Trinajstić information content (AvgIpc) is 2.67. The van der Waals surface area contributed by atoms with Crippen LogP contribution < -0.4 is 0 Å². The third kappa shape index (κ3) is 10.9. The summed E-state index contributed by atoms with van der Waals surface area (Å²) in [4.78, 5) is 0. The lowest BCUT2D eigenvalue weighted by Crippen LogP contribution is -1.76. The number of rotatable bonds is 1. The molecule has 0 heteroatoms. The van der Waals surface area contributed by atoms with E-state index in [1.165, 1.54) is 22.3 Å². The molecule has 0 N–H and O–H groups in total. The summed E-state index contributed by atoms with van der Waals surface area (Å²) in [5.41, 5.74) is 5.19. The normalized spacial score (nSPS) is 8.08. The zero-order valence-electron chi connectivity index (χ0n) is 16.1. The summed E-state index contributed by atoms with van der Waals surface area (Å²) in [5.74, 6) is 0. The molecule has 3 aromatic rings. The van der Waals surface area contributed by atoms with Gasteiger partial charge in [-0.2, -0.15) is 0 Å². The van der Waals surface area contributed by atoms with Crippen LogP contribution in [0.2, 0.25) is 0 Å². The molecule has 0 bridgehead atoms. The number of hydrogen-bond donors (Lipinski definition) is 0. The molecule has 0 aliphatic carbocycles. The van der Waals surface area contributed by atoms with Gasteiger partial charge < -0.3 is 0 Å². The van der Waals surface area contributed by atoms with Gasteiger partial charge in [-0.1, -0.05) is 131 Å². The molecule has 0 aromatic heterocycles. The molecule has 0 fully saturated rings. The Kier molecular flexibility index (Phi) is 16.5. The van der Waals surface area contributed by atoms with E-state index in [1.54, 1.807) is 0 Å². The van der Waals surface area contributed by atoms with Crippen molar-refractivity contribution in [2.75, 3.05) is 0 Å². The van der Waals surface area contributed by atoms with Crippen LogP contribution in [0.25, 0.3) is 11.1 Å². The first kappa shape index (κ1) is 24.9. The van der Waals surface area contributed by atoms with Crippen LogP contribution in [0.4, 0.5) is 0 Å². The van der Waals surface area contributed by atoms with E-state index < -0.39 is 0 Å². The van der Waals surface area contributed by atoms with Crippen LogP contribution in [0.3, 0.4) is 0 Å². The van der Waals surface area contributed by atoms with E-state index in [1.807, 2.05) is 52.0 Å². The minimum Gasteiger partial charge on any atom is -0.0776 e. The van der Waals surface area contributed by atoms with Crippen molar-refractivity contribution in [1.29, 1.82) is 0 Å². The van der Waals surface area contributed by atoms with Gasteiger partial charge in [0.05, 0.1) is 0 Å². The fraction of sp³-hybridized carbons (Fsp3) is 0.280. The number of benzene rings is 3. The fourth-order valence-electron chi connectivity index (χ4n) is 1.91. The average molecular weight is 337 g/mol. The van der Waals surface area contributed by atoms with Gasteiger partial charge in [0, 0.05) is 0 Å². The summed E-state index contributed by atoms with van der Waals surface area (Å²) < 4.78 is 0. The van der Waals surface area contributed by atoms with E-state index >= 15 is 0 Å². The largest absolute Gasteiger partial charge is 0.0776 e. The van der Waals surface area contributed by atoms with Crippen molar-refractivity contribution in [3.8, 4) is 11.1 Å². The zero-order valence-corrected chi connectivity index (χ0v) is 16.1. The standard InChI is InChI=1S/C13H12.C7H8.2C2H6.CH4/c1-11-7-9-13(10-8-11)12-5-3-2-4-6-12;1-7-5-3-2-4-6-7;2*1-2;/h2-10H,1H3;2-6H,1H3;2*1-2H3;1H4. The minimum absolute atomic E-state index is 0. The molecule has 0 heterocycles. The van der Waals surface area contributed by atoms with Crippen molar-refractivity contribution in [3.05, 3.63) is 96.1 Å². The summed E-state index contributed by atoms with van der Waals surface area (Å²) in [5, 5.41) is 0. The molecule has 0 spiro atoms. The summed E-state index contributed by atoms with van der Waals surface area (Å²) in [7, 11) is 0. The smallest absolute Gasteiger partial charge is 0.0184 e. The van der Waals surface area contributed by atoms with Crippen LogP contribution in [0.1, 0.15) is 46.2 Å². The Hall–Kier alpha value is -2.34. The van der Waals surface area contributed by atoms with Crippen LogP contribution in [0.5, 0.6) is 0 Å². The Morgan fingerprint density at radius 3 is 1.08 bits per heavy atom. The Bertz CT molecular complexity index is 607. The SMILES string of the molecule is C.CC.CC.Cc1ccc(-c2ccccc2)cc1.Cc1ccccc1. The van der Waals surface area contributed by atoms with Crippen LogP contribution in [0.15, 0.2) is 84.9 Å². The molecule has 3 aromatic carbocycles. The lowest BCUT2D eigenvalue weighted by Gasteiger charge is -2.00. The second-order valence-corrected chi connectivity index (χ2v) is 4.89. The van der Waals surface area contributed by atoms with E-state index in [-0.39, 0.29) is 7.43 Å². The van der Waals surface area contributed by atoms with Gasteiger partial charge in [0.15, 0.2) is 0 Å². The van der Waals surface area contributed by atoms with Gasteiger partial charge in [-0.15, -0.1) is 0 Å². The van der Waals surface area contributed by atoms with Crippen LogP contribution in [-0.2, 0) is 0 Å². The van der Waals surface area contributed by atoms with E-state index in [0.29, 0.717) is 0 Å². The monoisotopic (exact) mass is 336 g/mol. The molecule has 0 aliphatic rings. The van der Waals surface area contributed by atoms with Gasteiger partial charge in [0.1, 0.15) is 0 Å². The topological polar surface area (TPSA) is 0 Å². The highest BCUT2D eigenvalue weighted by molar-refractivity contribution is 5.63. The lowest BCUT2D eigenvalue weighted by atomic mass is 10.0. The van der Waals surface area contributed by atoms with Crippen LogP contribution in [0, 0.1) is 13.8 Å². The predicted molar refractivity (Wildman–Crippen MR) is 117 cm³/mol. The first-order valence-electron chi connectivity index (χ1n) is 8.89. The maximum atomic E-state index is 2.16. The highest BCUT2D eigenvalue weighted by atomic mass is 14.0. The van der Waals surface area contributed by atoms with Gasteiger partial charge in [-0.25, -0.2) is 0 Å². The van der Waals surface area contributed by atoms with Gasteiger partial charge in [-0.05, 0) is 25.0 Å². The molecule has 0 nitrogen and oxygen atoms in total.